The van der Waals surface area contributed by atoms with Gasteiger partial charge in [0.1, 0.15) is 0 Å². The fourth-order valence-corrected chi connectivity index (χ4v) is 3.59. The molecule has 0 spiro atoms. The van der Waals surface area contributed by atoms with Crippen molar-refractivity contribution in [3.63, 3.8) is 0 Å². The molecule has 0 saturated carbocycles. The summed E-state index contributed by atoms with van der Waals surface area (Å²) in [6.45, 7) is 1.88. The summed E-state index contributed by atoms with van der Waals surface area (Å²) in [5.41, 5.74) is -0.305. The van der Waals surface area contributed by atoms with Crippen molar-refractivity contribution < 1.29 is 26.3 Å². The Morgan fingerprint density at radius 2 is 1.61 bits per heavy atom. The molecule has 2 aromatic carbocycles. The van der Waals surface area contributed by atoms with Crippen LogP contribution in [0.2, 0.25) is 0 Å². The Hall–Kier alpha value is -2.55. The number of anilines is 2. The molecule has 0 aliphatic carbocycles. The molecular weight excluding hydrogens is 402 g/mol. The third kappa shape index (κ3) is 4.83. The number of alkyl halides is 6. The number of nitrogens with one attached hydrogen (secondary N) is 1. The summed E-state index contributed by atoms with van der Waals surface area (Å²) >= 11 is 0.770. The van der Waals surface area contributed by atoms with Crippen LogP contribution < -0.4 is 5.32 Å². The van der Waals surface area contributed by atoms with Gasteiger partial charge in [0.25, 0.3) is 0 Å². The highest BCUT2D eigenvalue weighted by Crippen LogP contribution is 2.38. The quantitative estimate of drug-likeness (QED) is 0.472. The molecule has 9 heteroatoms. The monoisotopic (exact) mass is 416 g/mol. The maximum absolute atomic E-state index is 13.4. The lowest BCUT2D eigenvalue weighted by atomic mass is 10.1. The number of hydrogen-bond donors (Lipinski definition) is 1. The van der Waals surface area contributed by atoms with Gasteiger partial charge in [-0.25, -0.2) is 4.98 Å². The van der Waals surface area contributed by atoms with Crippen molar-refractivity contribution in [1.29, 1.82) is 0 Å². The van der Waals surface area contributed by atoms with Gasteiger partial charge in [-0.3, -0.25) is 0 Å². The summed E-state index contributed by atoms with van der Waals surface area (Å²) in [7, 11) is 0. The van der Waals surface area contributed by atoms with E-state index in [1.165, 1.54) is 12.1 Å². The van der Waals surface area contributed by atoms with Gasteiger partial charge in [-0.05, 0) is 30.7 Å². The van der Waals surface area contributed by atoms with E-state index in [0.717, 1.165) is 29.0 Å². The van der Waals surface area contributed by atoms with Gasteiger partial charge < -0.3 is 5.32 Å². The van der Waals surface area contributed by atoms with Gasteiger partial charge in [0.15, 0.2) is 10.8 Å². The first-order valence-electron chi connectivity index (χ1n) is 8.09. The van der Waals surface area contributed by atoms with Crippen LogP contribution in [0, 0.1) is 6.92 Å². The molecule has 0 unspecified atom stereocenters. The van der Waals surface area contributed by atoms with Crippen LogP contribution in [0.1, 0.15) is 27.3 Å². The zero-order valence-electron chi connectivity index (χ0n) is 14.4. The van der Waals surface area contributed by atoms with E-state index in [-0.39, 0.29) is 22.0 Å². The minimum Gasteiger partial charge on any atom is -0.332 e. The van der Waals surface area contributed by atoms with Crippen molar-refractivity contribution >= 4 is 22.2 Å². The number of halogens is 6. The van der Waals surface area contributed by atoms with Crippen molar-refractivity contribution in [2.75, 3.05) is 5.32 Å². The Morgan fingerprint density at radius 3 is 2.21 bits per heavy atom. The summed E-state index contributed by atoms with van der Waals surface area (Å²) in [4.78, 5) is 3.48. The number of aromatic nitrogens is 1. The zero-order chi connectivity index (χ0) is 20.5. The third-order valence-corrected chi connectivity index (χ3v) is 4.86. The van der Waals surface area contributed by atoms with Crippen LogP contribution in [0.5, 0.6) is 0 Å². The summed E-state index contributed by atoms with van der Waals surface area (Å²) in [6.07, 6.45) is -9.57. The predicted octanol–water partition coefficient (Wildman–Crippen LogP) is 6.82. The zero-order valence-corrected chi connectivity index (χ0v) is 15.3. The molecule has 0 fully saturated rings. The molecule has 3 rings (SSSR count). The average Bonchev–Trinajstić information content (AvgIpc) is 2.99. The Labute approximate surface area is 160 Å². The van der Waals surface area contributed by atoms with Crippen molar-refractivity contribution in [1.82, 2.24) is 4.98 Å². The molecule has 0 aliphatic heterocycles. The van der Waals surface area contributed by atoms with Gasteiger partial charge in [0, 0.05) is 17.0 Å². The average molecular weight is 416 g/mol. The highest BCUT2D eigenvalue weighted by Gasteiger charge is 2.37. The van der Waals surface area contributed by atoms with E-state index >= 15 is 0 Å². The lowest BCUT2D eigenvalue weighted by molar-refractivity contribution is -0.141. The van der Waals surface area contributed by atoms with Crippen LogP contribution >= 0.6 is 11.3 Å². The number of rotatable bonds is 4. The number of hydrogen-bond acceptors (Lipinski definition) is 3. The van der Waals surface area contributed by atoms with E-state index in [9.17, 15) is 26.3 Å². The molecular formula is C19H14F6N2S. The Bertz CT molecular complexity index is 958. The van der Waals surface area contributed by atoms with E-state index < -0.39 is 23.6 Å². The second-order valence-corrected chi connectivity index (χ2v) is 7.24. The highest BCUT2D eigenvalue weighted by molar-refractivity contribution is 7.15. The molecule has 2 nitrogen and oxygen atoms in total. The first kappa shape index (κ1) is 20.2. The van der Waals surface area contributed by atoms with E-state index in [2.05, 4.69) is 10.3 Å². The summed E-state index contributed by atoms with van der Waals surface area (Å²) in [6, 6.07) is 11.3. The van der Waals surface area contributed by atoms with E-state index in [4.69, 9.17) is 0 Å². The second kappa shape index (κ2) is 7.46. The number of aryl methyl sites for hydroxylation is 1. The summed E-state index contributed by atoms with van der Waals surface area (Å²) < 4.78 is 78.6. The maximum atomic E-state index is 13.4. The van der Waals surface area contributed by atoms with Gasteiger partial charge >= 0.3 is 12.4 Å². The van der Waals surface area contributed by atoms with Crippen LogP contribution in [-0.2, 0) is 18.8 Å². The summed E-state index contributed by atoms with van der Waals surface area (Å²) in [5, 5.41) is 2.84. The molecule has 0 saturated heterocycles. The van der Waals surface area contributed by atoms with E-state index in [0.29, 0.717) is 5.69 Å². The van der Waals surface area contributed by atoms with Crippen LogP contribution in [0.25, 0.3) is 0 Å². The SMILES string of the molecule is Cc1ccc(Nc2nc(C(F)(F)F)c(Cc3cccc(C(F)(F)F)c3)s2)cc1. The van der Waals surface area contributed by atoms with Gasteiger partial charge in [0.05, 0.1) is 5.56 Å². The van der Waals surface area contributed by atoms with Gasteiger partial charge in [-0.2, -0.15) is 26.3 Å². The minimum atomic E-state index is -4.71. The molecule has 0 radical (unpaired) electrons. The standard InChI is InChI=1S/C19H14F6N2S/c1-11-5-7-14(8-6-11)26-17-27-16(19(23,24)25)15(28-17)10-12-3-2-4-13(9-12)18(20,21)22/h2-9H,10H2,1H3,(H,26,27). The van der Waals surface area contributed by atoms with E-state index in [1.54, 1.807) is 24.3 Å². The fraction of sp³-hybridized carbons (Fsp3) is 0.211. The number of thiazole rings is 1. The maximum Gasteiger partial charge on any atom is 0.434 e. The van der Waals surface area contributed by atoms with Crippen molar-refractivity contribution in [3.05, 3.63) is 75.8 Å². The lowest BCUT2D eigenvalue weighted by Crippen LogP contribution is -2.09. The molecule has 3 aromatic rings. The first-order valence-corrected chi connectivity index (χ1v) is 8.91. The van der Waals surface area contributed by atoms with Gasteiger partial charge in [-0.15, -0.1) is 11.3 Å². The molecule has 28 heavy (non-hydrogen) atoms. The fourth-order valence-electron chi connectivity index (χ4n) is 2.55. The number of nitrogens with zero attached hydrogens (tertiary/aromatic N) is 1. The highest BCUT2D eigenvalue weighted by atomic mass is 32.1. The molecule has 0 aliphatic rings. The van der Waals surface area contributed by atoms with Crippen molar-refractivity contribution in [2.24, 2.45) is 0 Å². The van der Waals surface area contributed by atoms with Crippen molar-refractivity contribution in [2.45, 2.75) is 25.7 Å². The Kier molecular flexibility index (Phi) is 5.38. The molecule has 1 heterocycles. The normalized spacial score (nSPS) is 12.2. The minimum absolute atomic E-state index is 0.0261. The summed E-state index contributed by atoms with van der Waals surface area (Å²) in [5.74, 6) is 0. The van der Waals surface area contributed by atoms with Gasteiger partial charge in [0.2, 0.25) is 0 Å². The molecule has 0 atom stereocenters. The molecule has 0 amide bonds. The van der Waals surface area contributed by atoms with Crippen LogP contribution in [-0.4, -0.2) is 4.98 Å². The topological polar surface area (TPSA) is 24.9 Å². The Morgan fingerprint density at radius 1 is 0.929 bits per heavy atom. The molecule has 0 bridgehead atoms. The molecule has 1 N–H and O–H groups in total. The van der Waals surface area contributed by atoms with Crippen LogP contribution in [0.4, 0.5) is 37.2 Å². The first-order chi connectivity index (χ1) is 13.0. The third-order valence-electron chi connectivity index (χ3n) is 3.89. The van der Waals surface area contributed by atoms with Crippen molar-refractivity contribution in [3.8, 4) is 0 Å². The smallest absolute Gasteiger partial charge is 0.332 e. The lowest BCUT2D eigenvalue weighted by Gasteiger charge is -2.09. The van der Waals surface area contributed by atoms with E-state index in [1.807, 2.05) is 6.92 Å². The van der Waals surface area contributed by atoms with Gasteiger partial charge in [-0.1, -0.05) is 35.9 Å². The largest absolute Gasteiger partial charge is 0.434 e. The number of benzene rings is 2. The second-order valence-electron chi connectivity index (χ2n) is 6.15. The molecule has 148 valence electrons. The predicted molar refractivity (Wildman–Crippen MR) is 95.8 cm³/mol. The van der Waals surface area contributed by atoms with Crippen LogP contribution in [0.3, 0.4) is 0 Å². The molecule has 1 aromatic heterocycles. The Balaban J connectivity index is 1.91. The van der Waals surface area contributed by atoms with Crippen LogP contribution in [0.15, 0.2) is 48.5 Å².